The zero-order valence-electron chi connectivity index (χ0n) is 28.3. The number of rotatable bonds is 4. The minimum atomic E-state index is 1.07. The summed E-state index contributed by atoms with van der Waals surface area (Å²) in [4.78, 5) is 4.41. The second-order valence-corrected chi connectivity index (χ2v) is 13.8. The lowest BCUT2D eigenvalue weighted by Gasteiger charge is -2.15. The number of aryl methyl sites for hydroxylation is 1. The fraction of sp³-hybridized carbons (Fsp3) is 0.0600. The monoisotopic (exact) mass is 649 g/mol. The average Bonchev–Trinajstić information content (AvgIpc) is 3.41. The largest absolute Gasteiger partial charge is 0.264 e. The summed E-state index contributed by atoms with van der Waals surface area (Å²) < 4.78 is 0. The number of aromatic nitrogens is 1. The Balaban J connectivity index is 0.980. The molecule has 0 saturated carbocycles. The molecular formula is C50H35N. The Morgan fingerprint density at radius 1 is 0.333 bits per heavy atom. The average molecular weight is 650 g/mol. The van der Waals surface area contributed by atoms with Crippen LogP contribution >= 0.6 is 0 Å². The van der Waals surface area contributed by atoms with Crippen LogP contribution in [0, 0.1) is 0 Å². The van der Waals surface area contributed by atoms with Crippen molar-refractivity contribution in [1.82, 2.24) is 4.98 Å². The molecule has 0 amide bonds. The molecule has 0 aliphatic heterocycles. The minimum Gasteiger partial charge on any atom is -0.264 e. The fourth-order valence-electron chi connectivity index (χ4n) is 8.41. The number of hydrogen-bond acceptors (Lipinski definition) is 1. The first-order valence-corrected chi connectivity index (χ1v) is 18.0. The number of hydrogen-bond donors (Lipinski definition) is 0. The van der Waals surface area contributed by atoms with E-state index in [4.69, 9.17) is 0 Å². The van der Waals surface area contributed by atoms with Gasteiger partial charge in [0.15, 0.2) is 0 Å². The molecule has 240 valence electrons. The van der Waals surface area contributed by atoms with Crippen LogP contribution in [0.2, 0.25) is 0 Å². The molecule has 0 spiro atoms. The van der Waals surface area contributed by atoms with Crippen LogP contribution in [0.1, 0.15) is 17.5 Å². The van der Waals surface area contributed by atoms with E-state index in [9.17, 15) is 0 Å². The van der Waals surface area contributed by atoms with E-state index < -0.39 is 0 Å². The Labute approximate surface area is 298 Å². The summed E-state index contributed by atoms with van der Waals surface area (Å²) in [6, 6.07) is 60.6. The maximum absolute atomic E-state index is 4.41. The second kappa shape index (κ2) is 12.2. The third-order valence-corrected chi connectivity index (χ3v) is 10.9. The van der Waals surface area contributed by atoms with Crippen molar-refractivity contribution in [2.75, 3.05) is 0 Å². The quantitative estimate of drug-likeness (QED) is 0.173. The third-order valence-electron chi connectivity index (χ3n) is 10.9. The predicted octanol–water partition coefficient (Wildman–Crippen LogP) is 13.4. The van der Waals surface area contributed by atoms with Crippen molar-refractivity contribution >= 4 is 32.3 Å². The molecule has 1 aromatic heterocycles. The molecule has 1 aliphatic rings. The molecule has 10 rings (SSSR count). The minimum absolute atomic E-state index is 1.07. The van der Waals surface area contributed by atoms with E-state index in [-0.39, 0.29) is 0 Å². The molecule has 0 atom stereocenters. The first-order chi connectivity index (χ1) is 25.3. The predicted molar refractivity (Wildman–Crippen MR) is 216 cm³/mol. The van der Waals surface area contributed by atoms with Gasteiger partial charge in [0.2, 0.25) is 0 Å². The molecule has 0 radical (unpaired) electrons. The van der Waals surface area contributed by atoms with Gasteiger partial charge in [-0.05, 0) is 143 Å². The maximum Gasteiger partial charge on any atom is 0.0306 e. The van der Waals surface area contributed by atoms with E-state index in [1.54, 1.807) is 0 Å². The van der Waals surface area contributed by atoms with Gasteiger partial charge in [-0.15, -0.1) is 0 Å². The number of benzene rings is 8. The van der Waals surface area contributed by atoms with Crippen molar-refractivity contribution in [2.45, 2.75) is 19.3 Å². The zero-order chi connectivity index (χ0) is 33.7. The van der Waals surface area contributed by atoms with Crippen LogP contribution in [0.15, 0.2) is 176 Å². The van der Waals surface area contributed by atoms with Gasteiger partial charge in [-0.1, -0.05) is 140 Å². The van der Waals surface area contributed by atoms with Gasteiger partial charge in [0.1, 0.15) is 0 Å². The van der Waals surface area contributed by atoms with Crippen LogP contribution in [0.5, 0.6) is 0 Å². The summed E-state index contributed by atoms with van der Waals surface area (Å²) in [5, 5.41) is 7.83. The molecule has 8 aromatic carbocycles. The lowest BCUT2D eigenvalue weighted by molar-refractivity contribution is 0.832. The highest BCUT2D eigenvalue weighted by molar-refractivity contribution is 6.25. The summed E-state index contributed by atoms with van der Waals surface area (Å²) in [6.45, 7) is 0. The van der Waals surface area contributed by atoms with Crippen molar-refractivity contribution in [2.24, 2.45) is 0 Å². The number of fused-ring (bicyclic) bond motifs is 9. The molecule has 1 heterocycles. The van der Waals surface area contributed by atoms with E-state index >= 15 is 0 Å². The molecule has 9 aromatic rings. The summed E-state index contributed by atoms with van der Waals surface area (Å²) >= 11 is 0. The Hall–Kier alpha value is -6.31. The van der Waals surface area contributed by atoms with Gasteiger partial charge in [-0.25, -0.2) is 0 Å². The van der Waals surface area contributed by atoms with Crippen LogP contribution in [0.4, 0.5) is 0 Å². The highest BCUT2D eigenvalue weighted by Gasteiger charge is 2.18. The van der Waals surface area contributed by atoms with Gasteiger partial charge >= 0.3 is 0 Å². The van der Waals surface area contributed by atoms with Crippen LogP contribution in [-0.2, 0) is 12.8 Å². The van der Waals surface area contributed by atoms with Crippen molar-refractivity contribution in [3.63, 3.8) is 0 Å². The van der Waals surface area contributed by atoms with Crippen molar-refractivity contribution in [1.29, 1.82) is 0 Å². The summed E-state index contributed by atoms with van der Waals surface area (Å²) in [6.07, 6.45) is 7.25. The first kappa shape index (κ1) is 29.6. The van der Waals surface area contributed by atoms with Gasteiger partial charge in [-0.3, -0.25) is 4.98 Å². The van der Waals surface area contributed by atoms with Crippen molar-refractivity contribution < 1.29 is 0 Å². The molecule has 51 heavy (non-hydrogen) atoms. The van der Waals surface area contributed by atoms with Crippen LogP contribution in [-0.4, -0.2) is 4.98 Å². The normalized spacial score (nSPS) is 12.5. The molecule has 0 unspecified atom stereocenters. The van der Waals surface area contributed by atoms with Gasteiger partial charge in [-0.2, -0.15) is 0 Å². The molecule has 1 aliphatic carbocycles. The van der Waals surface area contributed by atoms with E-state index in [0.717, 1.165) is 19.3 Å². The van der Waals surface area contributed by atoms with Gasteiger partial charge < -0.3 is 0 Å². The summed E-state index contributed by atoms with van der Waals surface area (Å²) in [5.41, 5.74) is 15.4. The Bertz CT molecular complexity index is 2740. The Morgan fingerprint density at radius 3 is 1.53 bits per heavy atom. The molecule has 0 N–H and O–H groups in total. The van der Waals surface area contributed by atoms with Gasteiger partial charge in [0, 0.05) is 12.4 Å². The SMILES string of the molecule is c1cc(-c2ccc(-c3ccc4c5ccccc5c5ccccc5c4c3)cc2)cc(-c2cccc(-c3cccc4c3CCCc3cnccc3-4)c2)c1. The standard InChI is InChI=1S/C50H35N/c1-2-16-47-45(14-1)46-15-3-4-17-48(46)50-31-38(25-26-49(47)50)34-23-21-33(22-24-34)35-9-5-10-36(29-35)37-11-6-12-39(30-37)41-18-8-20-44-42-27-28-51-32-40(42)13-7-19-43(41)44/h1-6,8-12,14-18,20-32H,7,13,19H2. The van der Waals surface area contributed by atoms with Gasteiger partial charge in [0.25, 0.3) is 0 Å². The Morgan fingerprint density at radius 2 is 0.843 bits per heavy atom. The fourth-order valence-corrected chi connectivity index (χ4v) is 8.41. The van der Waals surface area contributed by atoms with E-state index in [2.05, 4.69) is 169 Å². The van der Waals surface area contributed by atoms with Crippen LogP contribution < -0.4 is 0 Å². The Kier molecular flexibility index (Phi) is 7.10. The second-order valence-electron chi connectivity index (χ2n) is 13.8. The van der Waals surface area contributed by atoms with E-state index in [1.165, 1.54) is 99.1 Å². The summed E-state index contributed by atoms with van der Waals surface area (Å²) in [7, 11) is 0. The van der Waals surface area contributed by atoms with Crippen molar-refractivity contribution in [3.8, 4) is 55.6 Å². The van der Waals surface area contributed by atoms with E-state index in [0.29, 0.717) is 0 Å². The third kappa shape index (κ3) is 5.13. The smallest absolute Gasteiger partial charge is 0.0306 e. The molecule has 1 nitrogen and oxygen atoms in total. The maximum atomic E-state index is 4.41. The highest BCUT2D eigenvalue weighted by Crippen LogP contribution is 2.40. The summed E-state index contributed by atoms with van der Waals surface area (Å²) in [5.74, 6) is 0. The van der Waals surface area contributed by atoms with Crippen LogP contribution in [0.3, 0.4) is 0 Å². The lowest BCUT2D eigenvalue weighted by Crippen LogP contribution is -1.93. The topological polar surface area (TPSA) is 12.9 Å². The van der Waals surface area contributed by atoms with Gasteiger partial charge in [0.05, 0.1) is 0 Å². The van der Waals surface area contributed by atoms with Crippen molar-refractivity contribution in [3.05, 3.63) is 187 Å². The molecular weight excluding hydrogens is 615 g/mol. The highest BCUT2D eigenvalue weighted by atomic mass is 14.6. The molecule has 0 fully saturated rings. The first-order valence-electron chi connectivity index (χ1n) is 18.0. The molecule has 0 saturated heterocycles. The zero-order valence-corrected chi connectivity index (χ0v) is 28.3. The number of nitrogens with zero attached hydrogens (tertiary/aromatic N) is 1. The van der Waals surface area contributed by atoms with E-state index in [1.807, 2.05) is 12.4 Å². The lowest BCUT2D eigenvalue weighted by atomic mass is 9.89. The van der Waals surface area contributed by atoms with Crippen LogP contribution in [0.25, 0.3) is 88.0 Å². The number of pyridine rings is 1. The molecule has 0 bridgehead atoms. The molecule has 1 heteroatoms.